The molecule has 1 rings (SSSR count). The third-order valence-electron chi connectivity index (χ3n) is 4.09. The second-order valence-corrected chi connectivity index (χ2v) is 4.97. The molecule has 3 nitrogen and oxygen atoms in total. The highest BCUT2D eigenvalue weighted by atomic mass is 16.5. The van der Waals surface area contributed by atoms with Gasteiger partial charge in [0.15, 0.2) is 0 Å². The summed E-state index contributed by atoms with van der Waals surface area (Å²) in [5, 5.41) is 0. The molecule has 0 aromatic rings. The maximum absolute atomic E-state index is 11.3. The van der Waals surface area contributed by atoms with Crippen LogP contribution in [-0.2, 0) is 9.53 Å². The first-order valence-corrected chi connectivity index (χ1v) is 6.48. The summed E-state index contributed by atoms with van der Waals surface area (Å²) in [6.45, 7) is 2.87. The first-order valence-electron chi connectivity index (χ1n) is 6.48. The Morgan fingerprint density at radius 2 is 2.00 bits per heavy atom. The lowest BCUT2D eigenvalue weighted by Crippen LogP contribution is -2.29. The predicted molar refractivity (Wildman–Crippen MR) is 64.9 cm³/mol. The molecule has 1 aliphatic carbocycles. The molecular formula is C13H25NO2. The Kier molecular flexibility index (Phi) is 5.81. The number of carbonyl (C=O) groups excluding carboxylic acids is 1. The number of ether oxygens (including phenoxy) is 1. The quantitative estimate of drug-likeness (QED) is 0.733. The van der Waals surface area contributed by atoms with Crippen LogP contribution in [0.2, 0.25) is 0 Å². The minimum Gasteiger partial charge on any atom is -0.469 e. The second-order valence-electron chi connectivity index (χ2n) is 4.97. The lowest BCUT2D eigenvalue weighted by molar-refractivity contribution is -0.142. The van der Waals surface area contributed by atoms with Gasteiger partial charge in [-0.25, -0.2) is 0 Å². The molecule has 0 radical (unpaired) electrons. The first-order chi connectivity index (χ1) is 7.71. The van der Waals surface area contributed by atoms with Gasteiger partial charge in [0.25, 0.3) is 0 Å². The molecule has 0 aliphatic heterocycles. The van der Waals surface area contributed by atoms with Gasteiger partial charge < -0.3 is 10.5 Å². The smallest absolute Gasteiger partial charge is 0.305 e. The topological polar surface area (TPSA) is 52.3 Å². The van der Waals surface area contributed by atoms with E-state index in [0.29, 0.717) is 24.8 Å². The molecule has 94 valence electrons. The van der Waals surface area contributed by atoms with E-state index in [0.717, 1.165) is 5.92 Å². The molecule has 0 bridgehead atoms. The summed E-state index contributed by atoms with van der Waals surface area (Å²) in [5.74, 6) is 1.73. The minimum absolute atomic E-state index is 0.118. The fraction of sp³-hybridized carbons (Fsp3) is 0.923. The van der Waals surface area contributed by atoms with Crippen LogP contribution < -0.4 is 5.73 Å². The third kappa shape index (κ3) is 3.78. The van der Waals surface area contributed by atoms with Crippen LogP contribution in [0.3, 0.4) is 0 Å². The van der Waals surface area contributed by atoms with E-state index in [2.05, 4.69) is 6.92 Å². The van der Waals surface area contributed by atoms with Gasteiger partial charge in [0.05, 0.1) is 7.11 Å². The SMILES string of the molecule is CCC1CCC(C(CN)CC(=O)OC)CC1. The van der Waals surface area contributed by atoms with E-state index in [1.165, 1.54) is 39.2 Å². The average molecular weight is 227 g/mol. The van der Waals surface area contributed by atoms with Crippen molar-refractivity contribution in [1.82, 2.24) is 0 Å². The number of carbonyl (C=O) groups is 1. The highest BCUT2D eigenvalue weighted by Gasteiger charge is 2.27. The second kappa shape index (κ2) is 6.89. The monoisotopic (exact) mass is 227 g/mol. The average Bonchev–Trinajstić information content (AvgIpc) is 2.35. The maximum atomic E-state index is 11.3. The molecule has 0 aromatic carbocycles. The van der Waals surface area contributed by atoms with E-state index < -0.39 is 0 Å². The molecule has 1 aliphatic rings. The summed E-state index contributed by atoms with van der Waals surface area (Å²) in [6.07, 6.45) is 6.86. The van der Waals surface area contributed by atoms with Crippen LogP contribution in [-0.4, -0.2) is 19.6 Å². The van der Waals surface area contributed by atoms with E-state index in [1.54, 1.807) is 0 Å². The molecule has 0 amide bonds. The third-order valence-corrected chi connectivity index (χ3v) is 4.09. The highest BCUT2D eigenvalue weighted by Crippen LogP contribution is 2.35. The number of rotatable bonds is 5. The number of methoxy groups -OCH3 is 1. The molecule has 0 heterocycles. The zero-order valence-electron chi connectivity index (χ0n) is 10.6. The van der Waals surface area contributed by atoms with Crippen molar-refractivity contribution in [3.8, 4) is 0 Å². The summed E-state index contributed by atoms with van der Waals surface area (Å²) in [4.78, 5) is 11.3. The van der Waals surface area contributed by atoms with Gasteiger partial charge in [-0.3, -0.25) is 4.79 Å². The van der Waals surface area contributed by atoms with Crippen molar-refractivity contribution < 1.29 is 9.53 Å². The maximum Gasteiger partial charge on any atom is 0.305 e. The van der Waals surface area contributed by atoms with E-state index in [9.17, 15) is 4.79 Å². The Morgan fingerprint density at radius 3 is 2.44 bits per heavy atom. The Morgan fingerprint density at radius 1 is 1.38 bits per heavy atom. The van der Waals surface area contributed by atoms with Crippen molar-refractivity contribution in [1.29, 1.82) is 0 Å². The van der Waals surface area contributed by atoms with Gasteiger partial charge in [-0.05, 0) is 37.1 Å². The number of nitrogens with two attached hydrogens (primary N) is 1. The predicted octanol–water partition coefficient (Wildman–Crippen LogP) is 2.34. The minimum atomic E-state index is -0.118. The van der Waals surface area contributed by atoms with Crippen LogP contribution in [0.1, 0.15) is 45.4 Å². The summed E-state index contributed by atoms with van der Waals surface area (Å²) in [7, 11) is 1.45. The van der Waals surface area contributed by atoms with Crippen molar-refractivity contribution in [2.45, 2.75) is 45.4 Å². The van der Waals surface area contributed by atoms with Crippen LogP contribution >= 0.6 is 0 Å². The largest absolute Gasteiger partial charge is 0.469 e. The van der Waals surface area contributed by atoms with Crippen LogP contribution in [0, 0.1) is 17.8 Å². The van der Waals surface area contributed by atoms with Gasteiger partial charge >= 0.3 is 5.97 Å². The van der Waals surface area contributed by atoms with Gasteiger partial charge in [0, 0.05) is 6.42 Å². The standard InChI is InChI=1S/C13H25NO2/c1-3-10-4-6-11(7-5-10)12(9-14)8-13(15)16-2/h10-12H,3-9,14H2,1-2H3. The van der Waals surface area contributed by atoms with Crippen molar-refractivity contribution in [2.75, 3.05) is 13.7 Å². The first kappa shape index (κ1) is 13.5. The van der Waals surface area contributed by atoms with Crippen molar-refractivity contribution in [3.05, 3.63) is 0 Å². The molecule has 2 N–H and O–H groups in total. The highest BCUT2D eigenvalue weighted by molar-refractivity contribution is 5.69. The lowest BCUT2D eigenvalue weighted by atomic mass is 9.74. The van der Waals surface area contributed by atoms with E-state index in [1.807, 2.05) is 0 Å². The molecule has 1 saturated carbocycles. The molecule has 1 unspecified atom stereocenters. The van der Waals surface area contributed by atoms with Gasteiger partial charge in [-0.2, -0.15) is 0 Å². The van der Waals surface area contributed by atoms with Gasteiger partial charge in [-0.15, -0.1) is 0 Å². The fourth-order valence-electron chi connectivity index (χ4n) is 2.81. The molecular weight excluding hydrogens is 202 g/mol. The zero-order chi connectivity index (χ0) is 12.0. The molecule has 16 heavy (non-hydrogen) atoms. The Hall–Kier alpha value is -0.570. The Labute approximate surface area is 98.7 Å². The van der Waals surface area contributed by atoms with Crippen LogP contribution in [0.5, 0.6) is 0 Å². The Bertz CT molecular complexity index is 210. The summed E-state index contributed by atoms with van der Waals surface area (Å²) in [5.41, 5.74) is 5.77. The molecule has 1 fully saturated rings. The van der Waals surface area contributed by atoms with Crippen LogP contribution in [0.15, 0.2) is 0 Å². The fourth-order valence-corrected chi connectivity index (χ4v) is 2.81. The Balaban J connectivity index is 2.39. The van der Waals surface area contributed by atoms with E-state index in [4.69, 9.17) is 10.5 Å². The molecule has 3 heteroatoms. The van der Waals surface area contributed by atoms with Gasteiger partial charge in [0.2, 0.25) is 0 Å². The summed E-state index contributed by atoms with van der Waals surface area (Å²) >= 11 is 0. The van der Waals surface area contributed by atoms with Crippen molar-refractivity contribution in [3.63, 3.8) is 0 Å². The lowest BCUT2D eigenvalue weighted by Gasteiger charge is -2.32. The van der Waals surface area contributed by atoms with Crippen molar-refractivity contribution >= 4 is 5.97 Å². The van der Waals surface area contributed by atoms with Crippen molar-refractivity contribution in [2.24, 2.45) is 23.5 Å². The molecule has 1 atom stereocenters. The zero-order valence-corrected chi connectivity index (χ0v) is 10.6. The van der Waals surface area contributed by atoms with E-state index in [-0.39, 0.29) is 5.97 Å². The molecule has 0 spiro atoms. The summed E-state index contributed by atoms with van der Waals surface area (Å²) < 4.78 is 4.72. The van der Waals surface area contributed by atoms with E-state index >= 15 is 0 Å². The molecule has 0 saturated heterocycles. The molecule has 0 aromatic heterocycles. The summed E-state index contributed by atoms with van der Waals surface area (Å²) in [6, 6.07) is 0. The van der Waals surface area contributed by atoms with Gasteiger partial charge in [0.1, 0.15) is 0 Å². The van der Waals surface area contributed by atoms with Crippen LogP contribution in [0.25, 0.3) is 0 Å². The number of hydrogen-bond acceptors (Lipinski definition) is 3. The number of hydrogen-bond donors (Lipinski definition) is 1. The van der Waals surface area contributed by atoms with Crippen LogP contribution in [0.4, 0.5) is 0 Å². The normalized spacial score (nSPS) is 27.4. The number of esters is 1. The van der Waals surface area contributed by atoms with Gasteiger partial charge in [-0.1, -0.05) is 26.2 Å².